The van der Waals surface area contributed by atoms with Gasteiger partial charge >= 0.3 is 5.97 Å². The van der Waals surface area contributed by atoms with Gasteiger partial charge in [0.1, 0.15) is 17.4 Å². The second-order valence-electron chi connectivity index (χ2n) is 17.2. The first kappa shape index (κ1) is 41.3. The van der Waals surface area contributed by atoms with Crippen molar-refractivity contribution in [3.05, 3.63) is 107 Å². The summed E-state index contributed by atoms with van der Waals surface area (Å²) in [6.07, 6.45) is 6.24. The van der Waals surface area contributed by atoms with Crippen LogP contribution in [0.5, 0.6) is 5.75 Å². The number of nitrogens with zero attached hydrogens (tertiary/aromatic N) is 4. The summed E-state index contributed by atoms with van der Waals surface area (Å²) in [5, 5.41) is 48.4. The Bertz CT molecular complexity index is 2500. The number of esters is 1. The number of phenolic OH excluding ortho intramolecular Hbond substituents is 1. The minimum atomic E-state index is -1.82. The summed E-state index contributed by atoms with van der Waals surface area (Å²) in [7, 11) is 2.18. The van der Waals surface area contributed by atoms with Gasteiger partial charge in [0.05, 0.1) is 26.9 Å². The Labute approximate surface area is 351 Å². The lowest BCUT2D eigenvalue weighted by atomic mass is 9.91. The molecule has 0 aliphatic heterocycles. The fourth-order valence-corrected chi connectivity index (χ4v) is 10.9. The first-order valence-corrected chi connectivity index (χ1v) is 22.4. The predicted molar refractivity (Wildman–Crippen MR) is 232 cm³/mol. The number of thiophene rings is 2. The maximum atomic E-state index is 13.8. The Morgan fingerprint density at radius 2 is 1.83 bits per heavy atom. The number of hydrogen-bond donors (Lipinski definition) is 5. The van der Waals surface area contributed by atoms with E-state index in [1.807, 2.05) is 29.6 Å². The van der Waals surface area contributed by atoms with E-state index in [4.69, 9.17) is 4.74 Å². The van der Waals surface area contributed by atoms with Gasteiger partial charge in [0.2, 0.25) is 11.2 Å². The van der Waals surface area contributed by atoms with Gasteiger partial charge in [0.15, 0.2) is 0 Å². The van der Waals surface area contributed by atoms with E-state index in [0.717, 1.165) is 80.4 Å². The number of nitrogens with one attached hydrogen (secondary N) is 2. The van der Waals surface area contributed by atoms with Crippen LogP contribution >= 0.6 is 22.7 Å². The molecule has 0 bridgehead atoms. The standard InChI is InChI=1S/C45H54N6O6S2/c1-44(2,3)37-18-19-39(59-37)45(56,38-10-6-23-58-38)43(55)57-29-13-11-28(12-14-29)50(4)21-7-22-51-42-33-9-5-8-30(33)27(24-34(42)48-49-51)25-46-26-36(53)31-15-17-35(52)41-32(31)16-20-40(54)47-41/h6,10,15-20,23-24,28-29,36,46,52-53,56H,5,7-9,11-14,21-22,25-26H2,1-4H3,(H,47,54)/t28-,29-,36-,45-/m0/s1. The molecule has 14 heteroatoms. The van der Waals surface area contributed by atoms with Crippen LogP contribution < -0.4 is 10.9 Å². The Hall–Kier alpha value is -4.44. The zero-order valence-corrected chi connectivity index (χ0v) is 35.8. The lowest BCUT2D eigenvalue weighted by Gasteiger charge is -2.35. The molecule has 4 aromatic heterocycles. The number of rotatable bonds is 14. The molecule has 0 spiro atoms. The highest BCUT2D eigenvalue weighted by Crippen LogP contribution is 2.42. The Kier molecular flexibility index (Phi) is 11.8. The van der Waals surface area contributed by atoms with Gasteiger partial charge in [-0.25, -0.2) is 9.48 Å². The van der Waals surface area contributed by atoms with Gasteiger partial charge < -0.3 is 35.3 Å². The summed E-state index contributed by atoms with van der Waals surface area (Å²) in [4.78, 5) is 33.0. The number of pyridine rings is 1. The number of fused-ring (bicyclic) bond motifs is 4. The van der Waals surface area contributed by atoms with Crippen LogP contribution in [0.4, 0.5) is 0 Å². The molecule has 12 nitrogen and oxygen atoms in total. The van der Waals surface area contributed by atoms with Crippen molar-refractivity contribution in [2.24, 2.45) is 0 Å². The van der Waals surface area contributed by atoms with Crippen LogP contribution in [0.25, 0.3) is 21.9 Å². The number of carbonyl (C=O) groups excluding carboxylic acids is 1. The first-order chi connectivity index (χ1) is 28.3. The summed E-state index contributed by atoms with van der Waals surface area (Å²) in [6, 6.07) is 16.3. The Balaban J connectivity index is 0.843. The van der Waals surface area contributed by atoms with E-state index >= 15 is 0 Å². The number of aryl methyl sites for hydroxylation is 2. The van der Waals surface area contributed by atoms with Gasteiger partial charge in [-0.2, -0.15) is 0 Å². The number of aromatic nitrogens is 4. The van der Waals surface area contributed by atoms with E-state index in [0.29, 0.717) is 45.4 Å². The van der Waals surface area contributed by atoms with Gasteiger partial charge in [-0.15, -0.1) is 27.8 Å². The van der Waals surface area contributed by atoms with Crippen molar-refractivity contribution in [3.63, 3.8) is 0 Å². The SMILES string of the molecule is CN(CCCn1nnc2cc(CNC[C@H](O)c3ccc(O)c4[nH]c(=O)ccc34)c3c(c21)CCC3)[C@H]1CC[C@H](OC(=O)[C@](O)(c2cccs2)c2ccc(C(C)(C)C)s2)CC1. The zero-order chi connectivity index (χ0) is 41.5. The predicted octanol–water partition coefficient (Wildman–Crippen LogP) is 6.82. The van der Waals surface area contributed by atoms with E-state index in [-0.39, 0.29) is 22.8 Å². The lowest BCUT2D eigenvalue weighted by Crippen LogP contribution is -2.42. The average molecular weight is 839 g/mol. The van der Waals surface area contributed by atoms with Crippen LogP contribution in [0.2, 0.25) is 0 Å². The number of benzene rings is 2. The van der Waals surface area contributed by atoms with Crippen LogP contribution in [0.3, 0.4) is 0 Å². The third-order valence-corrected chi connectivity index (χ3v) is 14.8. The number of ether oxygens (including phenoxy) is 1. The van der Waals surface area contributed by atoms with Crippen molar-refractivity contribution in [2.45, 2.75) is 114 Å². The van der Waals surface area contributed by atoms with Crippen molar-refractivity contribution < 1.29 is 24.9 Å². The van der Waals surface area contributed by atoms with Gasteiger partial charge in [0, 0.05) is 42.0 Å². The van der Waals surface area contributed by atoms with Crippen molar-refractivity contribution in [3.8, 4) is 5.75 Å². The molecule has 2 atom stereocenters. The highest BCUT2D eigenvalue weighted by atomic mass is 32.1. The summed E-state index contributed by atoms with van der Waals surface area (Å²) in [5.41, 5.74) is 4.56. The minimum Gasteiger partial charge on any atom is -0.506 e. The smallest absolute Gasteiger partial charge is 0.349 e. The molecule has 4 heterocycles. The van der Waals surface area contributed by atoms with Crippen molar-refractivity contribution in [1.82, 2.24) is 30.2 Å². The lowest BCUT2D eigenvalue weighted by molar-refractivity contribution is -0.169. The molecule has 1 saturated carbocycles. The van der Waals surface area contributed by atoms with Crippen molar-refractivity contribution in [1.29, 1.82) is 0 Å². The second kappa shape index (κ2) is 16.9. The molecule has 59 heavy (non-hydrogen) atoms. The fourth-order valence-electron chi connectivity index (χ4n) is 8.90. The summed E-state index contributed by atoms with van der Waals surface area (Å²) >= 11 is 2.84. The zero-order valence-electron chi connectivity index (χ0n) is 34.2. The summed E-state index contributed by atoms with van der Waals surface area (Å²) in [6.45, 7) is 8.93. The quantitative estimate of drug-likeness (QED) is 0.0735. The van der Waals surface area contributed by atoms with Gasteiger partial charge in [-0.05, 0) is 134 Å². The van der Waals surface area contributed by atoms with Crippen LogP contribution in [-0.2, 0) is 46.5 Å². The van der Waals surface area contributed by atoms with E-state index in [1.54, 1.807) is 12.1 Å². The van der Waals surface area contributed by atoms with Gasteiger partial charge in [0.25, 0.3) is 0 Å². The van der Waals surface area contributed by atoms with Crippen LogP contribution in [0.1, 0.15) is 102 Å². The molecule has 0 unspecified atom stereocenters. The van der Waals surface area contributed by atoms with Gasteiger partial charge in [-0.1, -0.05) is 38.1 Å². The van der Waals surface area contributed by atoms with Crippen LogP contribution in [-0.4, -0.2) is 78.4 Å². The molecule has 0 saturated heterocycles. The highest BCUT2D eigenvalue weighted by Gasteiger charge is 2.46. The van der Waals surface area contributed by atoms with E-state index < -0.39 is 17.7 Å². The molecule has 2 aliphatic carbocycles. The number of phenols is 1. The second-order valence-corrected chi connectivity index (χ2v) is 19.3. The maximum Gasteiger partial charge on any atom is 0.349 e. The van der Waals surface area contributed by atoms with Crippen LogP contribution in [0.15, 0.2) is 64.8 Å². The Morgan fingerprint density at radius 3 is 2.58 bits per heavy atom. The molecule has 8 rings (SSSR count). The summed E-state index contributed by atoms with van der Waals surface area (Å²) < 4.78 is 8.17. The third-order valence-electron chi connectivity index (χ3n) is 12.2. The van der Waals surface area contributed by atoms with E-state index in [2.05, 4.69) is 64.1 Å². The Morgan fingerprint density at radius 1 is 1.05 bits per heavy atom. The molecule has 5 N–H and O–H groups in total. The molecule has 312 valence electrons. The largest absolute Gasteiger partial charge is 0.506 e. The maximum absolute atomic E-state index is 13.8. The number of hydrogen-bond acceptors (Lipinski definition) is 12. The highest BCUT2D eigenvalue weighted by molar-refractivity contribution is 7.13. The molecule has 2 aromatic carbocycles. The van der Waals surface area contributed by atoms with Crippen molar-refractivity contribution in [2.75, 3.05) is 20.1 Å². The number of aromatic amines is 1. The molecule has 1 fully saturated rings. The summed E-state index contributed by atoms with van der Waals surface area (Å²) in [5.74, 6) is -0.622. The topological polar surface area (TPSA) is 166 Å². The normalized spacial score (nSPS) is 18.7. The van der Waals surface area contributed by atoms with E-state index in [9.17, 15) is 24.9 Å². The number of aliphatic hydroxyl groups excluding tert-OH is 1. The number of aliphatic hydroxyl groups is 2. The molecule has 0 radical (unpaired) electrons. The first-order valence-electron chi connectivity index (χ1n) is 20.7. The molecular weight excluding hydrogens is 785 g/mol. The van der Waals surface area contributed by atoms with Crippen LogP contribution in [0, 0.1) is 0 Å². The van der Waals surface area contributed by atoms with Crippen molar-refractivity contribution >= 4 is 50.6 Å². The van der Waals surface area contributed by atoms with E-state index in [1.165, 1.54) is 51.5 Å². The number of carbonyl (C=O) groups is 1. The minimum absolute atomic E-state index is 0.0319. The fraction of sp³-hybridized carbons (Fsp3) is 0.467. The molecule has 0 amide bonds. The molecule has 2 aliphatic rings. The number of aromatic hydroxyl groups is 1. The molecule has 6 aromatic rings. The third kappa shape index (κ3) is 8.35. The average Bonchev–Trinajstić information content (AvgIpc) is 4.05. The molecular formula is C45H54N6O6S2. The van der Waals surface area contributed by atoms with Gasteiger partial charge in [-0.3, -0.25) is 4.79 Å². The monoisotopic (exact) mass is 838 g/mol. The number of H-pyrrole nitrogens is 1.